The highest BCUT2D eigenvalue weighted by Crippen LogP contribution is 2.11. The Kier molecular flexibility index (Phi) is 33.7. The number of benzene rings is 2. The molecule has 0 saturated carbocycles. The summed E-state index contributed by atoms with van der Waals surface area (Å²) in [5.41, 5.74) is 0. The molecule has 58 heavy (non-hydrogen) atoms. The van der Waals surface area contributed by atoms with Crippen LogP contribution in [0, 0.1) is 5.92 Å². The van der Waals surface area contributed by atoms with Crippen LogP contribution >= 0.6 is 0 Å². The molecule has 0 spiro atoms. The summed E-state index contributed by atoms with van der Waals surface area (Å²) in [5.74, 6) is 0.754. The van der Waals surface area contributed by atoms with Crippen molar-refractivity contribution < 1.29 is 76.6 Å². The van der Waals surface area contributed by atoms with Crippen molar-refractivity contribution in [1.82, 2.24) is 0 Å². The first-order valence-corrected chi connectivity index (χ1v) is 20.2. The van der Waals surface area contributed by atoms with Gasteiger partial charge in [-0.3, -0.25) is 4.79 Å². The number of carbonyl (C=O) groups excluding carboxylic acids is 1. The van der Waals surface area contributed by atoms with Gasteiger partial charge in [-0.25, -0.2) is 0 Å². The average molecular weight is 829 g/mol. The SMILES string of the molecule is CC(CCC(O)COCCOCCOCCOCCOCCOc1ccccc1)C(=O)OCC(O)COCCOCCOCCOCCOCCOc1ccccc1. The molecule has 0 aliphatic rings. The van der Waals surface area contributed by atoms with Gasteiger partial charge < -0.3 is 71.8 Å². The Morgan fingerprint density at radius 2 is 0.724 bits per heavy atom. The molecule has 2 aromatic rings. The van der Waals surface area contributed by atoms with E-state index in [1.807, 2.05) is 60.7 Å². The number of carbonyl (C=O) groups is 1. The molecule has 0 radical (unpaired) electrons. The molecule has 2 rings (SSSR count). The quantitative estimate of drug-likeness (QED) is 0.0737. The Morgan fingerprint density at radius 3 is 1.09 bits per heavy atom. The van der Waals surface area contributed by atoms with Gasteiger partial charge in [0.15, 0.2) is 0 Å². The largest absolute Gasteiger partial charge is 0.491 e. The molecule has 0 bridgehead atoms. The normalized spacial score (nSPS) is 12.9. The number of esters is 1. The fourth-order valence-corrected chi connectivity index (χ4v) is 4.68. The van der Waals surface area contributed by atoms with Crippen LogP contribution < -0.4 is 9.47 Å². The second kappa shape index (κ2) is 38.2. The molecule has 16 heteroatoms. The summed E-state index contributed by atoms with van der Waals surface area (Å²) in [6.07, 6.45) is -0.892. The first-order chi connectivity index (χ1) is 28.5. The van der Waals surface area contributed by atoms with E-state index in [1.54, 1.807) is 6.92 Å². The Bertz CT molecular complexity index is 1160. The van der Waals surface area contributed by atoms with E-state index in [9.17, 15) is 15.0 Å². The van der Waals surface area contributed by atoms with Crippen molar-refractivity contribution in [2.24, 2.45) is 5.92 Å². The molecule has 0 heterocycles. The molecule has 2 N–H and O–H groups in total. The fraction of sp³-hybridized carbons (Fsp3) is 0.690. The van der Waals surface area contributed by atoms with Gasteiger partial charge in [-0.2, -0.15) is 0 Å². The van der Waals surface area contributed by atoms with Crippen LogP contribution in [0.3, 0.4) is 0 Å². The summed E-state index contributed by atoms with van der Waals surface area (Å²) >= 11 is 0. The van der Waals surface area contributed by atoms with Crippen molar-refractivity contribution in [3.63, 3.8) is 0 Å². The molecule has 0 aliphatic heterocycles. The Morgan fingerprint density at radius 1 is 0.414 bits per heavy atom. The maximum absolute atomic E-state index is 12.3. The zero-order valence-corrected chi connectivity index (χ0v) is 34.3. The van der Waals surface area contributed by atoms with Crippen LogP contribution in [0.2, 0.25) is 0 Å². The molecule has 0 aliphatic carbocycles. The highest BCUT2D eigenvalue weighted by atomic mass is 16.6. The topological polar surface area (TPSA) is 178 Å². The summed E-state index contributed by atoms with van der Waals surface area (Å²) in [5, 5.41) is 20.3. The standard InChI is InChI=1S/C42H68O16/c1-37(12-13-38(43)34-54-28-26-50-20-18-46-14-16-48-22-24-52-30-32-56-40-8-4-2-5-9-40)42(45)58-36-39(44)35-55-29-27-51-21-19-47-15-17-49-23-25-53-31-33-57-41-10-6-3-7-11-41/h2-11,37-39,43-44H,12-36H2,1H3. The van der Waals surface area contributed by atoms with E-state index >= 15 is 0 Å². The molecule has 0 fully saturated rings. The van der Waals surface area contributed by atoms with E-state index in [4.69, 9.17) is 61.6 Å². The van der Waals surface area contributed by atoms with E-state index in [0.717, 1.165) is 11.5 Å². The van der Waals surface area contributed by atoms with Gasteiger partial charge in [-0.1, -0.05) is 43.3 Å². The Labute approximate surface area is 344 Å². The lowest BCUT2D eigenvalue weighted by atomic mass is 10.0. The van der Waals surface area contributed by atoms with Crippen LogP contribution in [0.25, 0.3) is 0 Å². The van der Waals surface area contributed by atoms with Crippen molar-refractivity contribution in [1.29, 1.82) is 0 Å². The second-order valence-electron chi connectivity index (χ2n) is 12.8. The van der Waals surface area contributed by atoms with Crippen LogP contribution in [0.15, 0.2) is 60.7 Å². The lowest BCUT2D eigenvalue weighted by Crippen LogP contribution is -2.27. The molecule has 0 amide bonds. The van der Waals surface area contributed by atoms with Gasteiger partial charge in [-0.05, 0) is 37.1 Å². The molecular weight excluding hydrogens is 760 g/mol. The van der Waals surface area contributed by atoms with E-state index in [0.29, 0.717) is 138 Å². The molecule has 332 valence electrons. The molecule has 3 atom stereocenters. The van der Waals surface area contributed by atoms with Crippen molar-refractivity contribution in [2.75, 3.05) is 152 Å². The predicted octanol–water partition coefficient (Wildman–Crippen LogP) is 2.99. The third kappa shape index (κ3) is 32.0. The van der Waals surface area contributed by atoms with Crippen molar-refractivity contribution >= 4 is 5.97 Å². The van der Waals surface area contributed by atoms with Gasteiger partial charge in [0, 0.05) is 0 Å². The first kappa shape index (κ1) is 51.2. The van der Waals surface area contributed by atoms with E-state index in [1.165, 1.54) is 0 Å². The van der Waals surface area contributed by atoms with Crippen LogP contribution in [-0.4, -0.2) is 180 Å². The average Bonchev–Trinajstić information content (AvgIpc) is 3.24. The van der Waals surface area contributed by atoms with E-state index < -0.39 is 24.1 Å². The van der Waals surface area contributed by atoms with Crippen molar-refractivity contribution in [3.05, 3.63) is 60.7 Å². The predicted molar refractivity (Wildman–Crippen MR) is 213 cm³/mol. The highest BCUT2D eigenvalue weighted by Gasteiger charge is 2.18. The number of ether oxygens (including phenoxy) is 13. The third-order valence-electron chi connectivity index (χ3n) is 7.83. The van der Waals surface area contributed by atoms with Gasteiger partial charge in [0.2, 0.25) is 0 Å². The lowest BCUT2D eigenvalue weighted by Gasteiger charge is -2.16. The zero-order chi connectivity index (χ0) is 41.4. The van der Waals surface area contributed by atoms with Crippen LogP contribution in [-0.2, 0) is 56.9 Å². The van der Waals surface area contributed by atoms with Gasteiger partial charge >= 0.3 is 5.97 Å². The molecule has 2 aromatic carbocycles. The Hall–Kier alpha value is -2.97. The summed E-state index contributed by atoms with van der Waals surface area (Å²) in [7, 11) is 0. The monoisotopic (exact) mass is 828 g/mol. The summed E-state index contributed by atoms with van der Waals surface area (Å²) in [6.45, 7) is 10.4. The van der Waals surface area contributed by atoms with Crippen LogP contribution in [0.5, 0.6) is 11.5 Å². The van der Waals surface area contributed by atoms with E-state index in [2.05, 4.69) is 0 Å². The van der Waals surface area contributed by atoms with Gasteiger partial charge in [0.1, 0.15) is 37.4 Å². The number of aliphatic hydroxyl groups excluding tert-OH is 2. The molecular formula is C42H68O16. The zero-order valence-electron chi connectivity index (χ0n) is 34.3. The second-order valence-corrected chi connectivity index (χ2v) is 12.8. The third-order valence-corrected chi connectivity index (χ3v) is 7.83. The van der Waals surface area contributed by atoms with Gasteiger partial charge in [0.05, 0.1) is 144 Å². The van der Waals surface area contributed by atoms with Crippen molar-refractivity contribution in [3.8, 4) is 11.5 Å². The maximum Gasteiger partial charge on any atom is 0.308 e. The molecule has 3 unspecified atom stereocenters. The Balaban J connectivity index is 1.24. The van der Waals surface area contributed by atoms with Crippen LogP contribution in [0.1, 0.15) is 19.8 Å². The number of hydrogen-bond acceptors (Lipinski definition) is 16. The number of aliphatic hydroxyl groups is 2. The number of hydrogen-bond donors (Lipinski definition) is 2. The van der Waals surface area contributed by atoms with Gasteiger partial charge in [0.25, 0.3) is 0 Å². The summed E-state index contributed by atoms with van der Waals surface area (Å²) in [4.78, 5) is 12.3. The minimum Gasteiger partial charge on any atom is -0.491 e. The minimum absolute atomic E-state index is 0.00824. The number of para-hydroxylation sites is 2. The summed E-state index contributed by atoms with van der Waals surface area (Å²) in [6, 6.07) is 19.2. The molecule has 16 nitrogen and oxygen atoms in total. The highest BCUT2D eigenvalue weighted by molar-refractivity contribution is 5.71. The number of rotatable bonds is 42. The van der Waals surface area contributed by atoms with E-state index in [-0.39, 0.29) is 26.4 Å². The summed E-state index contributed by atoms with van der Waals surface area (Å²) < 4.78 is 70.9. The van der Waals surface area contributed by atoms with Gasteiger partial charge in [-0.15, -0.1) is 0 Å². The maximum atomic E-state index is 12.3. The molecule has 0 saturated heterocycles. The van der Waals surface area contributed by atoms with Crippen molar-refractivity contribution in [2.45, 2.75) is 32.0 Å². The fourth-order valence-electron chi connectivity index (χ4n) is 4.68. The smallest absolute Gasteiger partial charge is 0.308 e. The minimum atomic E-state index is -0.956. The lowest BCUT2D eigenvalue weighted by molar-refractivity contribution is -0.152. The molecule has 0 aromatic heterocycles. The first-order valence-electron chi connectivity index (χ1n) is 20.2. The van der Waals surface area contributed by atoms with Crippen LogP contribution in [0.4, 0.5) is 0 Å².